The summed E-state index contributed by atoms with van der Waals surface area (Å²) in [5.41, 5.74) is 1.98. The van der Waals surface area contributed by atoms with Gasteiger partial charge in [-0.2, -0.15) is 5.10 Å². The van der Waals surface area contributed by atoms with Crippen molar-refractivity contribution < 1.29 is 5.11 Å². The molecule has 0 saturated carbocycles. The molecule has 0 aromatic carbocycles. The highest BCUT2D eigenvalue weighted by Gasteiger charge is 2.12. The smallest absolute Gasteiger partial charge is 0.163 e. The van der Waals surface area contributed by atoms with Crippen LogP contribution < -0.4 is 4.90 Å². The van der Waals surface area contributed by atoms with Gasteiger partial charge in [0.05, 0.1) is 24.7 Å². The number of fused-ring (bicyclic) bond motifs is 1. The molecular weight excluding hydrogens is 280 g/mol. The van der Waals surface area contributed by atoms with Gasteiger partial charge in [0.15, 0.2) is 5.65 Å². The molecule has 0 spiro atoms. The van der Waals surface area contributed by atoms with Crippen LogP contribution in [0.25, 0.3) is 11.0 Å². The van der Waals surface area contributed by atoms with Gasteiger partial charge in [0.2, 0.25) is 0 Å². The third kappa shape index (κ3) is 2.89. The minimum atomic E-state index is 0.0357. The van der Waals surface area contributed by atoms with E-state index in [1.54, 1.807) is 23.3 Å². The van der Waals surface area contributed by atoms with Crippen molar-refractivity contribution in [1.82, 2.24) is 24.7 Å². The van der Waals surface area contributed by atoms with Crippen molar-refractivity contribution in [1.29, 1.82) is 0 Å². The summed E-state index contributed by atoms with van der Waals surface area (Å²) in [5.74, 6) is 0.850. The molecule has 3 heterocycles. The van der Waals surface area contributed by atoms with Crippen LogP contribution in [0.1, 0.15) is 5.56 Å². The molecule has 0 aliphatic carbocycles. The Kier molecular flexibility index (Phi) is 4.24. The molecule has 114 valence electrons. The molecule has 22 heavy (non-hydrogen) atoms. The first-order chi connectivity index (χ1) is 10.8. The number of hydrogen-bond donors (Lipinski definition) is 1. The fourth-order valence-corrected chi connectivity index (χ4v) is 2.40. The van der Waals surface area contributed by atoms with Gasteiger partial charge in [-0.05, 0) is 24.1 Å². The van der Waals surface area contributed by atoms with E-state index in [9.17, 15) is 0 Å². The maximum atomic E-state index is 9.07. The zero-order valence-corrected chi connectivity index (χ0v) is 12.4. The Labute approximate surface area is 128 Å². The van der Waals surface area contributed by atoms with Crippen LogP contribution in [0.5, 0.6) is 0 Å². The van der Waals surface area contributed by atoms with Crippen molar-refractivity contribution in [3.05, 3.63) is 42.6 Å². The molecule has 0 amide bonds. The van der Waals surface area contributed by atoms with Crippen molar-refractivity contribution >= 4 is 16.9 Å². The number of anilines is 1. The Bertz CT molecular complexity index is 742. The van der Waals surface area contributed by atoms with Crippen molar-refractivity contribution in [2.45, 2.75) is 13.0 Å². The molecule has 3 aromatic rings. The quantitative estimate of drug-likeness (QED) is 0.728. The van der Waals surface area contributed by atoms with Gasteiger partial charge >= 0.3 is 0 Å². The molecule has 7 nitrogen and oxygen atoms in total. The number of aliphatic hydroxyl groups is 1. The Morgan fingerprint density at radius 1 is 1.23 bits per heavy atom. The zero-order valence-electron chi connectivity index (χ0n) is 12.4. The molecule has 0 atom stereocenters. The number of hydrogen-bond acceptors (Lipinski definition) is 6. The molecule has 0 aliphatic rings. The molecule has 0 fully saturated rings. The van der Waals surface area contributed by atoms with Crippen LogP contribution in [0.3, 0.4) is 0 Å². The molecule has 1 N–H and O–H groups in total. The average Bonchev–Trinajstić information content (AvgIpc) is 2.97. The summed E-state index contributed by atoms with van der Waals surface area (Å²) in [6.45, 7) is 1.30. The maximum Gasteiger partial charge on any atom is 0.163 e. The van der Waals surface area contributed by atoms with E-state index in [1.807, 2.05) is 19.2 Å². The van der Waals surface area contributed by atoms with Crippen LogP contribution in [-0.2, 0) is 13.0 Å². The van der Waals surface area contributed by atoms with Crippen molar-refractivity contribution in [2.24, 2.45) is 0 Å². The fourth-order valence-electron chi connectivity index (χ4n) is 2.40. The van der Waals surface area contributed by atoms with Gasteiger partial charge in [0, 0.05) is 26.0 Å². The van der Waals surface area contributed by atoms with Crippen molar-refractivity contribution in [3.8, 4) is 0 Å². The number of aliphatic hydroxyl groups excluding tert-OH is 1. The van der Waals surface area contributed by atoms with Gasteiger partial charge in [-0.1, -0.05) is 0 Å². The minimum Gasteiger partial charge on any atom is -0.394 e. The van der Waals surface area contributed by atoms with Gasteiger partial charge in [0.1, 0.15) is 12.1 Å². The van der Waals surface area contributed by atoms with E-state index in [4.69, 9.17) is 5.11 Å². The predicted octanol–water partition coefficient (Wildman–Crippen LogP) is 0.892. The number of rotatable bonds is 6. The number of aromatic nitrogens is 5. The highest BCUT2D eigenvalue weighted by atomic mass is 16.3. The molecular formula is C15H18N6O. The van der Waals surface area contributed by atoms with Crippen molar-refractivity contribution in [2.75, 3.05) is 25.1 Å². The summed E-state index contributed by atoms with van der Waals surface area (Å²) in [6.07, 6.45) is 7.81. The minimum absolute atomic E-state index is 0.0357. The third-order valence-electron chi connectivity index (χ3n) is 3.57. The van der Waals surface area contributed by atoms with E-state index in [2.05, 4.69) is 25.0 Å². The first-order valence-corrected chi connectivity index (χ1v) is 7.17. The van der Waals surface area contributed by atoms with Gasteiger partial charge in [-0.15, -0.1) is 0 Å². The van der Waals surface area contributed by atoms with E-state index >= 15 is 0 Å². The highest BCUT2D eigenvalue weighted by Crippen LogP contribution is 2.21. The lowest BCUT2D eigenvalue weighted by atomic mass is 10.2. The Morgan fingerprint density at radius 3 is 2.82 bits per heavy atom. The van der Waals surface area contributed by atoms with Crippen LogP contribution in [-0.4, -0.2) is 50.0 Å². The second kappa shape index (κ2) is 6.48. The lowest BCUT2D eigenvalue weighted by molar-refractivity contribution is 0.271. The molecule has 0 saturated heterocycles. The third-order valence-corrected chi connectivity index (χ3v) is 3.57. The van der Waals surface area contributed by atoms with Gasteiger partial charge in [-0.25, -0.2) is 14.6 Å². The van der Waals surface area contributed by atoms with Crippen LogP contribution in [0.2, 0.25) is 0 Å². The Balaban J connectivity index is 1.80. The lowest BCUT2D eigenvalue weighted by Crippen LogP contribution is -2.21. The van der Waals surface area contributed by atoms with Gasteiger partial charge < -0.3 is 10.0 Å². The summed E-state index contributed by atoms with van der Waals surface area (Å²) >= 11 is 0. The SMILES string of the molecule is CN(CCc1ccncc1)c1ncnc2c1cnn2CCO. The summed E-state index contributed by atoms with van der Waals surface area (Å²) in [4.78, 5) is 14.8. The second-order valence-electron chi connectivity index (χ2n) is 5.05. The molecule has 3 rings (SSSR count). The molecule has 0 bridgehead atoms. The van der Waals surface area contributed by atoms with E-state index in [0.29, 0.717) is 6.54 Å². The molecule has 0 unspecified atom stereocenters. The first-order valence-electron chi connectivity index (χ1n) is 7.17. The zero-order chi connectivity index (χ0) is 15.4. The standard InChI is InChI=1S/C15H18N6O/c1-20(7-4-12-2-5-16-6-3-12)14-13-10-19-21(8-9-22)15(13)18-11-17-14/h2-3,5-6,10-11,22H,4,7-9H2,1H3. The largest absolute Gasteiger partial charge is 0.394 e. The first kappa shape index (κ1) is 14.4. The summed E-state index contributed by atoms with van der Waals surface area (Å²) in [6, 6.07) is 4.03. The number of pyridine rings is 1. The summed E-state index contributed by atoms with van der Waals surface area (Å²) < 4.78 is 1.69. The van der Waals surface area contributed by atoms with Crippen LogP contribution in [0.15, 0.2) is 37.1 Å². The highest BCUT2D eigenvalue weighted by molar-refractivity contribution is 5.86. The van der Waals surface area contributed by atoms with Crippen LogP contribution in [0, 0.1) is 0 Å². The second-order valence-corrected chi connectivity index (χ2v) is 5.05. The van der Waals surface area contributed by atoms with Gasteiger partial charge in [0.25, 0.3) is 0 Å². The number of nitrogens with zero attached hydrogens (tertiary/aromatic N) is 6. The Hall–Kier alpha value is -2.54. The predicted molar refractivity (Wildman–Crippen MR) is 83.6 cm³/mol. The summed E-state index contributed by atoms with van der Waals surface area (Å²) in [5, 5.41) is 14.2. The van der Waals surface area contributed by atoms with E-state index in [1.165, 1.54) is 11.9 Å². The van der Waals surface area contributed by atoms with Crippen LogP contribution in [0.4, 0.5) is 5.82 Å². The van der Waals surface area contributed by atoms with Crippen LogP contribution >= 0.6 is 0 Å². The lowest BCUT2D eigenvalue weighted by Gasteiger charge is -2.18. The van der Waals surface area contributed by atoms with E-state index in [-0.39, 0.29) is 6.61 Å². The van der Waals surface area contributed by atoms with E-state index < -0.39 is 0 Å². The number of likely N-dealkylation sites (N-methyl/N-ethyl adjacent to an activating group) is 1. The molecule has 0 radical (unpaired) electrons. The maximum absolute atomic E-state index is 9.07. The fraction of sp³-hybridized carbons (Fsp3) is 0.333. The molecule has 3 aromatic heterocycles. The van der Waals surface area contributed by atoms with E-state index in [0.717, 1.165) is 29.8 Å². The topological polar surface area (TPSA) is 80.0 Å². The average molecular weight is 298 g/mol. The van der Waals surface area contributed by atoms with Gasteiger partial charge in [-0.3, -0.25) is 4.98 Å². The Morgan fingerprint density at radius 2 is 2.05 bits per heavy atom. The normalized spacial score (nSPS) is 11.0. The molecule has 7 heteroatoms. The monoisotopic (exact) mass is 298 g/mol. The molecule has 0 aliphatic heterocycles. The summed E-state index contributed by atoms with van der Waals surface area (Å²) in [7, 11) is 2.01. The van der Waals surface area contributed by atoms with Crippen molar-refractivity contribution in [3.63, 3.8) is 0 Å².